The molecule has 3 aromatic rings. The van der Waals surface area contributed by atoms with Crippen LogP contribution in [0.5, 0.6) is 0 Å². The minimum absolute atomic E-state index is 0.258. The number of hydrogen-bond donors (Lipinski definition) is 2. The zero-order valence-electron chi connectivity index (χ0n) is 16.9. The smallest absolute Gasteiger partial charge is 0.273 e. The second-order valence-corrected chi connectivity index (χ2v) is 7.59. The second-order valence-electron chi connectivity index (χ2n) is 6.78. The van der Waals surface area contributed by atoms with Crippen molar-refractivity contribution in [3.8, 4) is 0 Å². The topological polar surface area (TPSA) is 73.8 Å². The Balaban J connectivity index is 1.72. The first-order valence-electron chi connectivity index (χ1n) is 9.32. The highest BCUT2D eigenvalue weighted by Gasteiger charge is 2.15. The van der Waals surface area contributed by atoms with Crippen LogP contribution in [0.2, 0.25) is 10.0 Å². The molecular weight excluding hydrogens is 435 g/mol. The predicted molar refractivity (Wildman–Crippen MR) is 127 cm³/mol. The van der Waals surface area contributed by atoms with Crippen molar-refractivity contribution in [3.63, 3.8) is 0 Å². The summed E-state index contributed by atoms with van der Waals surface area (Å²) in [5.74, 6) is -0.894. The van der Waals surface area contributed by atoms with E-state index in [1.54, 1.807) is 48.5 Å². The lowest BCUT2D eigenvalue weighted by Crippen LogP contribution is -2.21. The van der Waals surface area contributed by atoms with E-state index in [1.165, 1.54) is 6.21 Å². The van der Waals surface area contributed by atoms with E-state index in [9.17, 15) is 9.59 Å². The molecule has 6 nitrogen and oxygen atoms in total. The average molecular weight is 455 g/mol. The third kappa shape index (κ3) is 5.63. The van der Waals surface area contributed by atoms with Gasteiger partial charge in [0.05, 0.1) is 33.1 Å². The molecule has 0 aliphatic heterocycles. The Morgan fingerprint density at radius 2 is 1.55 bits per heavy atom. The van der Waals surface area contributed by atoms with Crippen LogP contribution in [0.4, 0.5) is 11.4 Å². The molecule has 2 amide bonds. The lowest BCUT2D eigenvalue weighted by Gasteiger charge is -2.13. The average Bonchev–Trinajstić information content (AvgIpc) is 2.75. The van der Waals surface area contributed by atoms with Crippen molar-refractivity contribution in [2.24, 2.45) is 5.10 Å². The van der Waals surface area contributed by atoms with Gasteiger partial charge in [0, 0.05) is 25.3 Å². The number of benzene rings is 3. The molecular formula is C23H20Cl2N4O2. The van der Waals surface area contributed by atoms with Crippen LogP contribution >= 0.6 is 23.2 Å². The van der Waals surface area contributed by atoms with Gasteiger partial charge in [-0.2, -0.15) is 5.10 Å². The third-order valence-corrected chi connectivity index (χ3v) is 5.07. The molecule has 3 aromatic carbocycles. The number of hydrogen-bond acceptors (Lipinski definition) is 4. The summed E-state index contributed by atoms with van der Waals surface area (Å²) >= 11 is 12.4. The van der Waals surface area contributed by atoms with E-state index in [0.29, 0.717) is 26.9 Å². The first-order chi connectivity index (χ1) is 14.9. The number of halogens is 2. The van der Waals surface area contributed by atoms with E-state index in [0.717, 1.165) is 5.69 Å². The summed E-state index contributed by atoms with van der Waals surface area (Å²) in [6, 6.07) is 18.8. The van der Waals surface area contributed by atoms with Crippen molar-refractivity contribution in [1.29, 1.82) is 0 Å². The molecule has 2 N–H and O–H groups in total. The minimum Gasteiger partial charge on any atom is -0.378 e. The van der Waals surface area contributed by atoms with Crippen molar-refractivity contribution in [3.05, 3.63) is 93.5 Å². The number of hydrazone groups is 1. The van der Waals surface area contributed by atoms with Crippen molar-refractivity contribution >= 4 is 52.6 Å². The van der Waals surface area contributed by atoms with E-state index in [-0.39, 0.29) is 5.56 Å². The third-order valence-electron chi connectivity index (χ3n) is 4.41. The quantitative estimate of drug-likeness (QED) is 0.403. The molecule has 8 heteroatoms. The maximum absolute atomic E-state index is 12.6. The Bertz CT molecular complexity index is 1150. The van der Waals surface area contributed by atoms with Crippen molar-refractivity contribution in [1.82, 2.24) is 5.43 Å². The predicted octanol–water partition coefficient (Wildman–Crippen LogP) is 5.08. The van der Waals surface area contributed by atoms with Crippen LogP contribution in [0.1, 0.15) is 26.3 Å². The summed E-state index contributed by atoms with van der Waals surface area (Å²) in [6.07, 6.45) is 1.46. The molecule has 0 aromatic heterocycles. The molecule has 158 valence electrons. The molecule has 0 aliphatic rings. The fourth-order valence-corrected chi connectivity index (χ4v) is 3.19. The van der Waals surface area contributed by atoms with Crippen LogP contribution in [0.3, 0.4) is 0 Å². The van der Waals surface area contributed by atoms with Gasteiger partial charge in [-0.15, -0.1) is 0 Å². The fourth-order valence-electron chi connectivity index (χ4n) is 2.74. The molecule has 3 rings (SSSR count). The van der Waals surface area contributed by atoms with Gasteiger partial charge in [-0.05, 0) is 42.5 Å². The van der Waals surface area contributed by atoms with Crippen LogP contribution in [0.15, 0.2) is 71.8 Å². The Kier molecular flexibility index (Phi) is 7.28. The normalized spacial score (nSPS) is 10.7. The van der Waals surface area contributed by atoms with Crippen LogP contribution < -0.4 is 15.6 Å². The number of nitrogens with zero attached hydrogens (tertiary/aromatic N) is 2. The summed E-state index contributed by atoms with van der Waals surface area (Å²) < 4.78 is 0. The number of rotatable bonds is 6. The standard InChI is InChI=1S/C23H20Cl2N4O2/c1-29(2)16-12-11-15(20(25)13-16)14-26-28-23(31)18-8-4-6-10-21(18)27-22(30)17-7-3-5-9-19(17)24/h3-14H,1-2H3,(H,27,30)(H,28,31)/b26-14+. The summed E-state index contributed by atoms with van der Waals surface area (Å²) in [5, 5.41) is 7.54. The van der Waals surface area contributed by atoms with Gasteiger partial charge >= 0.3 is 0 Å². The van der Waals surface area contributed by atoms with Crippen LogP contribution in [-0.2, 0) is 0 Å². The Morgan fingerprint density at radius 1 is 0.871 bits per heavy atom. The molecule has 0 saturated heterocycles. The van der Waals surface area contributed by atoms with Gasteiger partial charge in [-0.25, -0.2) is 5.43 Å². The monoisotopic (exact) mass is 454 g/mol. The van der Waals surface area contributed by atoms with Crippen LogP contribution in [-0.4, -0.2) is 32.1 Å². The second kappa shape index (κ2) is 10.1. The first-order valence-corrected chi connectivity index (χ1v) is 10.1. The van der Waals surface area contributed by atoms with Crippen LogP contribution in [0, 0.1) is 0 Å². The van der Waals surface area contributed by atoms with Crippen molar-refractivity contribution in [2.45, 2.75) is 0 Å². The minimum atomic E-state index is -0.479. The Morgan fingerprint density at radius 3 is 2.23 bits per heavy atom. The highest BCUT2D eigenvalue weighted by atomic mass is 35.5. The molecule has 0 unspecified atom stereocenters. The highest BCUT2D eigenvalue weighted by molar-refractivity contribution is 6.34. The number of para-hydroxylation sites is 1. The number of anilines is 2. The number of nitrogens with one attached hydrogen (secondary N) is 2. The molecule has 0 atom stereocenters. The summed E-state index contributed by atoms with van der Waals surface area (Å²) in [4.78, 5) is 27.1. The number of amides is 2. The van der Waals surface area contributed by atoms with E-state index in [2.05, 4.69) is 15.8 Å². The molecule has 0 saturated carbocycles. The van der Waals surface area contributed by atoms with Gasteiger partial charge in [-0.3, -0.25) is 9.59 Å². The molecule has 0 radical (unpaired) electrons. The van der Waals surface area contributed by atoms with E-state index < -0.39 is 11.8 Å². The van der Waals surface area contributed by atoms with E-state index >= 15 is 0 Å². The SMILES string of the molecule is CN(C)c1ccc(/C=N/NC(=O)c2ccccc2NC(=O)c2ccccc2Cl)c(Cl)c1. The molecule has 31 heavy (non-hydrogen) atoms. The maximum atomic E-state index is 12.6. The van der Waals surface area contributed by atoms with Gasteiger partial charge < -0.3 is 10.2 Å². The largest absolute Gasteiger partial charge is 0.378 e. The van der Waals surface area contributed by atoms with E-state index in [4.69, 9.17) is 23.2 Å². The Labute approximate surface area is 190 Å². The Hall–Kier alpha value is -3.35. The van der Waals surface area contributed by atoms with Crippen molar-refractivity contribution in [2.75, 3.05) is 24.3 Å². The highest BCUT2D eigenvalue weighted by Crippen LogP contribution is 2.22. The molecule has 0 spiro atoms. The maximum Gasteiger partial charge on any atom is 0.273 e. The molecule has 0 bridgehead atoms. The zero-order chi connectivity index (χ0) is 22.4. The molecule has 0 aliphatic carbocycles. The zero-order valence-corrected chi connectivity index (χ0v) is 18.4. The lowest BCUT2D eigenvalue weighted by molar-refractivity contribution is 0.0956. The van der Waals surface area contributed by atoms with Gasteiger partial charge in [0.2, 0.25) is 0 Å². The fraction of sp³-hybridized carbons (Fsp3) is 0.0870. The summed E-state index contributed by atoms with van der Waals surface area (Å²) in [5.41, 5.74) is 4.99. The number of carbonyl (C=O) groups is 2. The van der Waals surface area contributed by atoms with Gasteiger partial charge in [0.1, 0.15) is 0 Å². The molecule has 0 fully saturated rings. The molecule has 0 heterocycles. The van der Waals surface area contributed by atoms with Gasteiger partial charge in [-0.1, -0.05) is 47.5 Å². The first kappa shape index (κ1) is 22.3. The number of carbonyl (C=O) groups excluding carboxylic acids is 2. The summed E-state index contributed by atoms with van der Waals surface area (Å²) in [7, 11) is 3.84. The lowest BCUT2D eigenvalue weighted by atomic mass is 10.1. The van der Waals surface area contributed by atoms with Crippen LogP contribution in [0.25, 0.3) is 0 Å². The van der Waals surface area contributed by atoms with Gasteiger partial charge in [0.25, 0.3) is 11.8 Å². The van der Waals surface area contributed by atoms with Crippen molar-refractivity contribution < 1.29 is 9.59 Å². The van der Waals surface area contributed by atoms with E-state index in [1.807, 2.05) is 37.2 Å². The van der Waals surface area contributed by atoms with Gasteiger partial charge in [0.15, 0.2) is 0 Å². The summed E-state index contributed by atoms with van der Waals surface area (Å²) in [6.45, 7) is 0.